The van der Waals surface area contributed by atoms with Crippen molar-refractivity contribution in [3.63, 3.8) is 0 Å². The Morgan fingerprint density at radius 3 is 2.52 bits per heavy atom. The highest BCUT2D eigenvalue weighted by atomic mass is 32.1. The fourth-order valence-corrected chi connectivity index (χ4v) is 5.76. The van der Waals surface area contributed by atoms with Crippen LogP contribution in [-0.2, 0) is 22.4 Å². The molecule has 0 radical (unpaired) electrons. The molecule has 0 aromatic carbocycles. The summed E-state index contributed by atoms with van der Waals surface area (Å²) < 4.78 is 0. The minimum atomic E-state index is -0.947. The zero-order chi connectivity index (χ0) is 20.5. The lowest BCUT2D eigenvalue weighted by Crippen LogP contribution is -2.35. The van der Waals surface area contributed by atoms with Gasteiger partial charge >= 0.3 is 5.97 Å². The zero-order valence-electron chi connectivity index (χ0n) is 16.7. The summed E-state index contributed by atoms with van der Waals surface area (Å²) in [6.45, 7) is 2.19. The standard InChI is InChI=1S/C22H28N2O4S/c1-2-12-7-10-16-17(11-12)29-21(18(16)20(26)23-13-8-9-13)24-19(25)14-5-3-4-6-15(14)22(27)28/h3-4,12-15H,2,5-11H2,1H3,(H,23,26)(H,24,25)(H,27,28). The van der Waals surface area contributed by atoms with Gasteiger partial charge in [-0.25, -0.2) is 0 Å². The van der Waals surface area contributed by atoms with Gasteiger partial charge in [-0.2, -0.15) is 0 Å². The number of nitrogens with one attached hydrogen (secondary N) is 2. The van der Waals surface area contributed by atoms with Crippen molar-refractivity contribution in [3.8, 4) is 0 Å². The molecule has 2 amide bonds. The van der Waals surface area contributed by atoms with E-state index >= 15 is 0 Å². The molecular formula is C22H28N2O4S. The molecule has 1 fully saturated rings. The van der Waals surface area contributed by atoms with Gasteiger partial charge in [-0.3, -0.25) is 14.4 Å². The van der Waals surface area contributed by atoms with Gasteiger partial charge in [0.25, 0.3) is 5.91 Å². The molecule has 6 nitrogen and oxygen atoms in total. The Kier molecular flexibility index (Phi) is 5.76. The molecule has 1 heterocycles. The average Bonchev–Trinajstić information content (AvgIpc) is 3.45. The minimum absolute atomic E-state index is 0.103. The van der Waals surface area contributed by atoms with Crippen LogP contribution in [0.5, 0.6) is 0 Å². The Hall–Kier alpha value is -2.15. The van der Waals surface area contributed by atoms with Crippen molar-refractivity contribution in [2.24, 2.45) is 17.8 Å². The molecule has 0 saturated heterocycles. The van der Waals surface area contributed by atoms with Crippen LogP contribution < -0.4 is 10.6 Å². The third kappa shape index (κ3) is 4.25. The Morgan fingerprint density at radius 1 is 1.14 bits per heavy atom. The molecule has 7 heteroatoms. The smallest absolute Gasteiger partial charge is 0.307 e. The molecule has 3 aliphatic carbocycles. The number of amides is 2. The molecule has 0 spiro atoms. The topological polar surface area (TPSA) is 95.5 Å². The number of hydrogen-bond donors (Lipinski definition) is 3. The third-order valence-corrected chi connectivity index (χ3v) is 7.58. The molecule has 29 heavy (non-hydrogen) atoms. The monoisotopic (exact) mass is 416 g/mol. The largest absolute Gasteiger partial charge is 0.481 e. The summed E-state index contributed by atoms with van der Waals surface area (Å²) >= 11 is 1.50. The van der Waals surface area contributed by atoms with E-state index in [2.05, 4.69) is 17.6 Å². The van der Waals surface area contributed by atoms with E-state index in [0.29, 0.717) is 29.3 Å². The van der Waals surface area contributed by atoms with Gasteiger partial charge in [0.15, 0.2) is 0 Å². The van der Waals surface area contributed by atoms with E-state index < -0.39 is 17.8 Å². The zero-order valence-corrected chi connectivity index (χ0v) is 17.5. The van der Waals surface area contributed by atoms with Gasteiger partial charge in [-0.1, -0.05) is 25.5 Å². The fourth-order valence-electron chi connectivity index (χ4n) is 4.40. The van der Waals surface area contributed by atoms with Crippen LogP contribution in [-0.4, -0.2) is 28.9 Å². The molecule has 3 aliphatic rings. The lowest BCUT2D eigenvalue weighted by atomic mass is 9.82. The quantitative estimate of drug-likeness (QED) is 0.615. The Labute approximate surface area is 174 Å². The van der Waals surface area contributed by atoms with E-state index in [4.69, 9.17) is 0 Å². The number of rotatable bonds is 6. The van der Waals surface area contributed by atoms with Crippen LogP contribution in [0.3, 0.4) is 0 Å². The molecule has 3 unspecified atom stereocenters. The summed E-state index contributed by atoms with van der Waals surface area (Å²) in [6.07, 6.45) is 10.5. The maximum atomic E-state index is 13.0. The number of carboxylic acids is 1. The SMILES string of the molecule is CCC1CCc2c(sc(NC(=O)C3CC=CCC3C(=O)O)c2C(=O)NC2CC2)C1. The van der Waals surface area contributed by atoms with Crippen molar-refractivity contribution < 1.29 is 19.5 Å². The van der Waals surface area contributed by atoms with Gasteiger partial charge < -0.3 is 15.7 Å². The second kappa shape index (κ2) is 8.30. The molecular weight excluding hydrogens is 388 g/mol. The third-order valence-electron chi connectivity index (χ3n) is 6.41. The maximum absolute atomic E-state index is 13.0. The molecule has 3 atom stereocenters. The normalized spacial score (nSPS) is 25.9. The van der Waals surface area contributed by atoms with Gasteiger partial charge in [0.1, 0.15) is 5.00 Å². The van der Waals surface area contributed by atoms with Crippen LogP contribution in [0.25, 0.3) is 0 Å². The second-order valence-electron chi connectivity index (χ2n) is 8.46. The first-order valence-corrected chi connectivity index (χ1v) is 11.4. The van der Waals surface area contributed by atoms with Crippen molar-refractivity contribution in [1.29, 1.82) is 0 Å². The van der Waals surface area contributed by atoms with Crippen LogP contribution in [0.1, 0.15) is 66.2 Å². The summed E-state index contributed by atoms with van der Waals surface area (Å²) in [7, 11) is 0. The fraction of sp³-hybridized carbons (Fsp3) is 0.591. The van der Waals surface area contributed by atoms with Crippen molar-refractivity contribution in [2.45, 2.75) is 64.3 Å². The first kappa shape index (κ1) is 20.1. The van der Waals surface area contributed by atoms with E-state index in [-0.39, 0.29) is 17.9 Å². The van der Waals surface area contributed by atoms with Gasteiger partial charge in [0, 0.05) is 10.9 Å². The van der Waals surface area contributed by atoms with Gasteiger partial charge in [0.2, 0.25) is 5.91 Å². The van der Waals surface area contributed by atoms with E-state index in [1.807, 2.05) is 12.2 Å². The molecule has 3 N–H and O–H groups in total. The number of hydrogen-bond acceptors (Lipinski definition) is 4. The van der Waals surface area contributed by atoms with Crippen molar-refractivity contribution >= 4 is 34.1 Å². The van der Waals surface area contributed by atoms with Crippen molar-refractivity contribution in [2.75, 3.05) is 5.32 Å². The molecule has 4 rings (SSSR count). The number of allylic oxidation sites excluding steroid dienone is 2. The number of carboxylic acid groups (broad SMARTS) is 1. The van der Waals surface area contributed by atoms with Gasteiger partial charge in [-0.15, -0.1) is 11.3 Å². The highest BCUT2D eigenvalue weighted by Gasteiger charge is 2.36. The summed E-state index contributed by atoms with van der Waals surface area (Å²) in [6, 6.07) is 0.244. The van der Waals surface area contributed by atoms with Crippen LogP contribution in [0, 0.1) is 17.8 Å². The predicted octanol–water partition coefficient (Wildman–Crippen LogP) is 3.76. The maximum Gasteiger partial charge on any atom is 0.307 e. The Balaban J connectivity index is 1.61. The van der Waals surface area contributed by atoms with E-state index in [1.165, 1.54) is 16.2 Å². The van der Waals surface area contributed by atoms with E-state index in [0.717, 1.165) is 44.1 Å². The molecule has 156 valence electrons. The summed E-state index contributed by atoms with van der Waals surface area (Å²) in [4.78, 5) is 38.7. The van der Waals surface area contributed by atoms with Crippen molar-refractivity contribution in [1.82, 2.24) is 5.32 Å². The van der Waals surface area contributed by atoms with Gasteiger partial charge in [-0.05, 0) is 56.4 Å². The van der Waals surface area contributed by atoms with Crippen molar-refractivity contribution in [3.05, 3.63) is 28.2 Å². The number of anilines is 1. The summed E-state index contributed by atoms with van der Waals surface area (Å²) in [5.74, 6) is -2.06. The van der Waals surface area contributed by atoms with Gasteiger partial charge in [0.05, 0.1) is 17.4 Å². The first-order valence-electron chi connectivity index (χ1n) is 10.6. The first-order chi connectivity index (χ1) is 14.0. The van der Waals surface area contributed by atoms with E-state index in [9.17, 15) is 19.5 Å². The number of carbonyl (C=O) groups excluding carboxylic acids is 2. The average molecular weight is 417 g/mol. The lowest BCUT2D eigenvalue weighted by molar-refractivity contribution is -0.146. The van der Waals surface area contributed by atoms with Crippen LogP contribution >= 0.6 is 11.3 Å². The molecule has 1 saturated carbocycles. The Bertz CT molecular complexity index is 855. The van der Waals surface area contributed by atoms with Crippen LogP contribution in [0.4, 0.5) is 5.00 Å². The molecule has 1 aromatic heterocycles. The van der Waals surface area contributed by atoms with Crippen LogP contribution in [0.15, 0.2) is 12.2 Å². The Morgan fingerprint density at radius 2 is 1.86 bits per heavy atom. The molecule has 1 aromatic rings. The van der Waals surface area contributed by atoms with Crippen LogP contribution in [0.2, 0.25) is 0 Å². The molecule has 0 bridgehead atoms. The predicted molar refractivity (Wildman–Crippen MR) is 112 cm³/mol. The number of fused-ring (bicyclic) bond motifs is 1. The number of carbonyl (C=O) groups is 3. The number of thiophene rings is 1. The highest BCUT2D eigenvalue weighted by Crippen LogP contribution is 2.41. The second-order valence-corrected chi connectivity index (χ2v) is 9.56. The number of aliphatic carboxylic acids is 1. The summed E-state index contributed by atoms with van der Waals surface area (Å²) in [5.41, 5.74) is 1.68. The van der Waals surface area contributed by atoms with E-state index in [1.54, 1.807) is 0 Å². The summed E-state index contributed by atoms with van der Waals surface area (Å²) in [5, 5.41) is 16.1. The lowest BCUT2D eigenvalue weighted by Gasteiger charge is -2.24. The highest BCUT2D eigenvalue weighted by molar-refractivity contribution is 7.17. The molecule has 0 aliphatic heterocycles. The minimum Gasteiger partial charge on any atom is -0.481 e.